The summed E-state index contributed by atoms with van der Waals surface area (Å²) in [4.78, 5) is 0. The van der Waals surface area contributed by atoms with Gasteiger partial charge in [0, 0.05) is 0 Å². The molecule has 0 spiro atoms. The molecule has 0 aliphatic carbocycles. The SMILES string of the molecule is CC(CCN)S(=O)(=O)Cc1ccc(F)cc1. The Kier molecular flexibility index (Phi) is 4.44. The number of hydrogen-bond acceptors (Lipinski definition) is 3. The fourth-order valence-corrected chi connectivity index (χ4v) is 2.81. The molecule has 0 amide bonds. The molecule has 2 N–H and O–H groups in total. The van der Waals surface area contributed by atoms with Crippen molar-refractivity contribution >= 4 is 9.84 Å². The van der Waals surface area contributed by atoms with Crippen molar-refractivity contribution in [3.63, 3.8) is 0 Å². The minimum absolute atomic E-state index is 0.0611. The molecule has 90 valence electrons. The van der Waals surface area contributed by atoms with Crippen LogP contribution in [0.1, 0.15) is 18.9 Å². The van der Waals surface area contributed by atoms with Crippen LogP contribution in [-0.4, -0.2) is 20.2 Å². The molecular formula is C11H16FNO2S. The molecule has 1 atom stereocenters. The minimum atomic E-state index is -3.19. The second-order valence-corrected chi connectivity index (χ2v) is 6.24. The molecule has 0 aliphatic rings. The number of sulfone groups is 1. The summed E-state index contributed by atoms with van der Waals surface area (Å²) < 4.78 is 36.3. The van der Waals surface area contributed by atoms with E-state index in [-0.39, 0.29) is 11.6 Å². The average molecular weight is 245 g/mol. The van der Waals surface area contributed by atoms with Gasteiger partial charge < -0.3 is 5.73 Å². The Labute approximate surface area is 95.4 Å². The monoisotopic (exact) mass is 245 g/mol. The van der Waals surface area contributed by atoms with Crippen LogP contribution in [0.2, 0.25) is 0 Å². The maximum absolute atomic E-state index is 12.6. The first kappa shape index (κ1) is 13.1. The molecule has 1 unspecified atom stereocenters. The van der Waals surface area contributed by atoms with Crippen molar-refractivity contribution in [2.75, 3.05) is 6.54 Å². The zero-order valence-electron chi connectivity index (χ0n) is 9.19. The Morgan fingerprint density at radius 3 is 2.38 bits per heavy atom. The summed E-state index contributed by atoms with van der Waals surface area (Å²) in [6, 6.07) is 5.50. The van der Waals surface area contributed by atoms with Crippen LogP contribution < -0.4 is 5.73 Å². The minimum Gasteiger partial charge on any atom is -0.330 e. The Balaban J connectivity index is 2.76. The van der Waals surface area contributed by atoms with E-state index < -0.39 is 15.1 Å². The fraction of sp³-hybridized carbons (Fsp3) is 0.455. The summed E-state index contributed by atoms with van der Waals surface area (Å²) in [6.07, 6.45) is 0.448. The highest BCUT2D eigenvalue weighted by Crippen LogP contribution is 2.13. The highest BCUT2D eigenvalue weighted by molar-refractivity contribution is 7.91. The molecule has 0 saturated carbocycles. The molecule has 5 heteroatoms. The van der Waals surface area contributed by atoms with Gasteiger partial charge in [-0.15, -0.1) is 0 Å². The molecule has 1 aromatic rings. The third-order valence-electron chi connectivity index (χ3n) is 2.47. The Morgan fingerprint density at radius 1 is 1.31 bits per heavy atom. The van der Waals surface area contributed by atoms with Crippen LogP contribution in [0.15, 0.2) is 24.3 Å². The summed E-state index contributed by atoms with van der Waals surface area (Å²) in [6.45, 7) is 2.00. The van der Waals surface area contributed by atoms with E-state index in [0.29, 0.717) is 18.5 Å². The predicted octanol–water partition coefficient (Wildman–Crippen LogP) is 1.48. The lowest BCUT2D eigenvalue weighted by molar-refractivity contribution is 0.577. The molecule has 1 rings (SSSR count). The van der Waals surface area contributed by atoms with Gasteiger partial charge in [0.1, 0.15) is 5.82 Å². The van der Waals surface area contributed by atoms with E-state index in [2.05, 4.69) is 0 Å². The predicted molar refractivity (Wildman–Crippen MR) is 62.2 cm³/mol. The van der Waals surface area contributed by atoms with Gasteiger partial charge in [0.2, 0.25) is 0 Å². The van der Waals surface area contributed by atoms with Gasteiger partial charge in [-0.2, -0.15) is 0 Å². The van der Waals surface area contributed by atoms with E-state index in [9.17, 15) is 12.8 Å². The summed E-state index contributed by atoms with van der Waals surface area (Å²) in [5.74, 6) is -0.426. The van der Waals surface area contributed by atoms with Gasteiger partial charge in [0.05, 0.1) is 11.0 Å². The Bertz CT molecular complexity index is 428. The van der Waals surface area contributed by atoms with Gasteiger partial charge in [-0.05, 0) is 37.6 Å². The van der Waals surface area contributed by atoms with Crippen molar-refractivity contribution in [1.29, 1.82) is 0 Å². The lowest BCUT2D eigenvalue weighted by Crippen LogP contribution is -2.22. The van der Waals surface area contributed by atoms with E-state index in [4.69, 9.17) is 5.73 Å². The molecule has 0 fully saturated rings. The normalized spacial score (nSPS) is 13.7. The first-order chi connectivity index (χ1) is 7.45. The molecule has 0 radical (unpaired) electrons. The maximum Gasteiger partial charge on any atom is 0.157 e. The van der Waals surface area contributed by atoms with Crippen molar-refractivity contribution < 1.29 is 12.8 Å². The molecule has 0 aromatic heterocycles. The smallest absolute Gasteiger partial charge is 0.157 e. The van der Waals surface area contributed by atoms with Gasteiger partial charge >= 0.3 is 0 Å². The van der Waals surface area contributed by atoms with E-state index >= 15 is 0 Å². The van der Waals surface area contributed by atoms with Gasteiger partial charge in [-0.1, -0.05) is 12.1 Å². The molecular weight excluding hydrogens is 229 g/mol. The molecule has 0 saturated heterocycles. The molecule has 0 bridgehead atoms. The molecule has 0 aliphatic heterocycles. The largest absolute Gasteiger partial charge is 0.330 e. The zero-order chi connectivity index (χ0) is 12.2. The number of hydrogen-bond donors (Lipinski definition) is 1. The lowest BCUT2D eigenvalue weighted by atomic mass is 10.2. The third-order valence-corrected chi connectivity index (χ3v) is 4.66. The number of benzene rings is 1. The van der Waals surface area contributed by atoms with Crippen LogP contribution in [0.3, 0.4) is 0 Å². The van der Waals surface area contributed by atoms with E-state index in [1.807, 2.05) is 0 Å². The van der Waals surface area contributed by atoms with E-state index in [1.165, 1.54) is 24.3 Å². The second-order valence-electron chi connectivity index (χ2n) is 3.82. The number of halogens is 1. The summed E-state index contributed by atoms with van der Waals surface area (Å²) in [7, 11) is -3.19. The van der Waals surface area contributed by atoms with Gasteiger partial charge in [0.25, 0.3) is 0 Å². The van der Waals surface area contributed by atoms with Crippen LogP contribution in [0.5, 0.6) is 0 Å². The highest BCUT2D eigenvalue weighted by Gasteiger charge is 2.20. The second kappa shape index (κ2) is 5.41. The van der Waals surface area contributed by atoms with Crippen molar-refractivity contribution in [3.05, 3.63) is 35.6 Å². The van der Waals surface area contributed by atoms with Crippen LogP contribution in [0.25, 0.3) is 0 Å². The summed E-state index contributed by atoms with van der Waals surface area (Å²) >= 11 is 0. The van der Waals surface area contributed by atoms with Crippen molar-refractivity contribution in [1.82, 2.24) is 0 Å². The van der Waals surface area contributed by atoms with Crippen molar-refractivity contribution in [2.45, 2.75) is 24.3 Å². The standard InChI is InChI=1S/C11H16FNO2S/c1-9(6-7-13)16(14,15)8-10-2-4-11(12)5-3-10/h2-5,9H,6-8,13H2,1H3. The first-order valence-corrected chi connectivity index (χ1v) is 6.83. The average Bonchev–Trinajstić information content (AvgIpc) is 2.21. The first-order valence-electron chi connectivity index (χ1n) is 5.12. The van der Waals surface area contributed by atoms with Crippen LogP contribution in [0, 0.1) is 5.82 Å². The van der Waals surface area contributed by atoms with Crippen LogP contribution in [-0.2, 0) is 15.6 Å². The van der Waals surface area contributed by atoms with Crippen molar-refractivity contribution in [2.24, 2.45) is 5.73 Å². The zero-order valence-corrected chi connectivity index (χ0v) is 10.0. The fourth-order valence-electron chi connectivity index (χ4n) is 1.37. The van der Waals surface area contributed by atoms with Crippen LogP contribution >= 0.6 is 0 Å². The summed E-state index contributed by atoms with van der Waals surface area (Å²) in [5.41, 5.74) is 5.93. The maximum atomic E-state index is 12.6. The Hall–Kier alpha value is -0.940. The van der Waals surface area contributed by atoms with Gasteiger partial charge in [-0.3, -0.25) is 0 Å². The van der Waals surface area contributed by atoms with Gasteiger partial charge in [-0.25, -0.2) is 12.8 Å². The van der Waals surface area contributed by atoms with Crippen molar-refractivity contribution in [3.8, 4) is 0 Å². The quantitative estimate of drug-likeness (QED) is 0.854. The van der Waals surface area contributed by atoms with E-state index in [1.54, 1.807) is 6.92 Å². The van der Waals surface area contributed by atoms with Crippen LogP contribution in [0.4, 0.5) is 4.39 Å². The molecule has 16 heavy (non-hydrogen) atoms. The van der Waals surface area contributed by atoms with Gasteiger partial charge in [0.15, 0.2) is 9.84 Å². The highest BCUT2D eigenvalue weighted by atomic mass is 32.2. The molecule has 1 aromatic carbocycles. The molecule has 0 heterocycles. The summed E-state index contributed by atoms with van der Waals surface area (Å²) in [5, 5.41) is -0.456. The number of rotatable bonds is 5. The lowest BCUT2D eigenvalue weighted by Gasteiger charge is -2.11. The van der Waals surface area contributed by atoms with E-state index in [0.717, 1.165) is 0 Å². The number of nitrogens with two attached hydrogens (primary N) is 1. The third kappa shape index (κ3) is 3.57. The Morgan fingerprint density at radius 2 is 1.88 bits per heavy atom. The topological polar surface area (TPSA) is 60.2 Å². The molecule has 3 nitrogen and oxygen atoms in total.